The van der Waals surface area contributed by atoms with Crippen molar-refractivity contribution in [2.45, 2.75) is 56.8 Å². The molecule has 3 aliphatic carbocycles. The van der Waals surface area contributed by atoms with Crippen molar-refractivity contribution in [2.75, 3.05) is 4.90 Å². The summed E-state index contributed by atoms with van der Waals surface area (Å²) >= 11 is 0. The first-order valence-corrected chi connectivity index (χ1v) is 21.9. The highest BCUT2D eigenvalue weighted by Gasteiger charge is 2.44. The Labute approximate surface area is 353 Å². The lowest BCUT2D eigenvalue weighted by atomic mass is 9.68. The molecule has 0 radical (unpaired) electrons. The Balaban J connectivity index is 1.03. The predicted molar refractivity (Wildman–Crippen MR) is 254 cm³/mol. The largest absolute Gasteiger partial charge is 0.310 e. The fraction of sp³-hybridized carbons (Fsp3) is 0.153. The fourth-order valence-corrected chi connectivity index (χ4v) is 11.7. The van der Waals surface area contributed by atoms with Gasteiger partial charge in [0.05, 0.1) is 5.69 Å². The Bertz CT molecular complexity index is 3160. The highest BCUT2D eigenvalue weighted by molar-refractivity contribution is 6.09. The van der Waals surface area contributed by atoms with Crippen molar-refractivity contribution in [3.05, 3.63) is 210 Å². The van der Waals surface area contributed by atoms with Gasteiger partial charge in [0.2, 0.25) is 0 Å². The lowest BCUT2D eigenvalue weighted by Crippen LogP contribution is -2.28. The minimum atomic E-state index is -0.0879. The van der Waals surface area contributed by atoms with E-state index in [1.54, 1.807) is 0 Å². The molecule has 0 aromatic heterocycles. The molecule has 60 heavy (non-hydrogen) atoms. The molecule has 0 N–H and O–H groups in total. The first-order chi connectivity index (χ1) is 29.5. The predicted octanol–water partition coefficient (Wildman–Crippen LogP) is 16.3. The Kier molecular flexibility index (Phi) is 7.88. The molecule has 0 bridgehead atoms. The molecule has 0 amide bonds. The van der Waals surface area contributed by atoms with Gasteiger partial charge in [0, 0.05) is 27.8 Å². The van der Waals surface area contributed by atoms with Crippen LogP contribution in [-0.2, 0) is 10.8 Å². The number of anilines is 3. The summed E-state index contributed by atoms with van der Waals surface area (Å²) in [4.78, 5) is 2.53. The Hall–Kier alpha value is -6.70. The summed E-state index contributed by atoms with van der Waals surface area (Å²) in [6, 6.07) is 71.1. The number of nitrogens with zero attached hydrogens (tertiary/aromatic N) is 1. The van der Waals surface area contributed by atoms with Crippen molar-refractivity contribution >= 4 is 38.6 Å². The maximum Gasteiger partial charge on any atom is 0.0540 e. The van der Waals surface area contributed by atoms with Crippen LogP contribution in [0, 0.1) is 0 Å². The quantitative estimate of drug-likeness (QED) is 0.158. The average molecular weight is 770 g/mol. The van der Waals surface area contributed by atoms with Crippen LogP contribution in [0.15, 0.2) is 188 Å². The summed E-state index contributed by atoms with van der Waals surface area (Å²) in [6.07, 6.45) is 6.28. The van der Waals surface area contributed by atoms with Crippen molar-refractivity contribution in [3.8, 4) is 44.5 Å². The second-order valence-electron chi connectivity index (χ2n) is 17.9. The van der Waals surface area contributed by atoms with Crippen LogP contribution in [0.5, 0.6) is 0 Å². The number of hydrogen-bond donors (Lipinski definition) is 0. The molecule has 1 spiro atoms. The van der Waals surface area contributed by atoms with Crippen LogP contribution < -0.4 is 4.90 Å². The van der Waals surface area contributed by atoms with E-state index in [1.807, 2.05) is 0 Å². The molecule has 1 heteroatoms. The van der Waals surface area contributed by atoms with Gasteiger partial charge >= 0.3 is 0 Å². The zero-order valence-corrected chi connectivity index (χ0v) is 34.4. The average Bonchev–Trinajstić information content (AvgIpc) is 3.70. The van der Waals surface area contributed by atoms with E-state index in [0.29, 0.717) is 0 Å². The third kappa shape index (κ3) is 5.18. The third-order valence-corrected chi connectivity index (χ3v) is 14.4. The Morgan fingerprint density at radius 1 is 0.383 bits per heavy atom. The first kappa shape index (κ1) is 35.3. The van der Waals surface area contributed by atoms with Gasteiger partial charge in [-0.2, -0.15) is 0 Å². The molecule has 288 valence electrons. The minimum absolute atomic E-state index is 0.0639. The van der Waals surface area contributed by atoms with Gasteiger partial charge in [0.25, 0.3) is 0 Å². The summed E-state index contributed by atoms with van der Waals surface area (Å²) < 4.78 is 0. The standard InChI is InChI=1S/C59H47N/c1-58(2)53-22-9-6-19-50(53)52-21-14-20-48(57(52)58)40-27-30-43(31-28-40)60(44-32-34-51-49-18-7-10-23-54(49)59(55(51)38-44)35-12-3-13-36-59)56-24-11-8-17-47(56)42-29-33-46-41(37-42)26-25-39-15-4-5-16-45(39)46/h4-11,14-34,37-38H,3,12-13,35-36H2,1-2H3. The van der Waals surface area contributed by atoms with Gasteiger partial charge in [-0.1, -0.05) is 185 Å². The van der Waals surface area contributed by atoms with E-state index in [1.165, 1.54) is 132 Å². The SMILES string of the molecule is CC1(C)c2ccccc2-c2cccc(-c3ccc(N(c4ccc5c(c4)C4(CCCCC4)c4ccccc4-5)c4ccccc4-c4ccc5c(ccc6ccccc65)c4)cc3)c21. The number of rotatable bonds is 5. The van der Waals surface area contributed by atoms with Crippen LogP contribution >= 0.6 is 0 Å². The first-order valence-electron chi connectivity index (χ1n) is 21.9. The molecule has 0 atom stereocenters. The molecule has 0 aliphatic heterocycles. The molecule has 0 saturated heterocycles. The molecular weight excluding hydrogens is 723 g/mol. The van der Waals surface area contributed by atoms with Gasteiger partial charge < -0.3 is 4.90 Å². The van der Waals surface area contributed by atoms with Crippen LogP contribution in [-0.4, -0.2) is 0 Å². The van der Waals surface area contributed by atoms with Gasteiger partial charge in [0.15, 0.2) is 0 Å². The second kappa shape index (κ2) is 13.4. The summed E-state index contributed by atoms with van der Waals surface area (Å²) in [6.45, 7) is 4.77. The van der Waals surface area contributed by atoms with Crippen molar-refractivity contribution < 1.29 is 0 Å². The number of fused-ring (bicyclic) bond motifs is 11. The Morgan fingerprint density at radius 2 is 0.983 bits per heavy atom. The van der Waals surface area contributed by atoms with Gasteiger partial charge in [-0.05, 0) is 132 Å². The number of benzene rings is 9. The van der Waals surface area contributed by atoms with E-state index < -0.39 is 0 Å². The lowest BCUT2D eigenvalue weighted by molar-refractivity contribution is 0.353. The van der Waals surface area contributed by atoms with Crippen molar-refractivity contribution in [3.63, 3.8) is 0 Å². The van der Waals surface area contributed by atoms with Crippen LogP contribution in [0.4, 0.5) is 17.1 Å². The maximum atomic E-state index is 2.56. The summed E-state index contributed by atoms with van der Waals surface area (Å²) in [5.74, 6) is 0. The van der Waals surface area contributed by atoms with Gasteiger partial charge in [-0.25, -0.2) is 0 Å². The molecule has 0 unspecified atom stereocenters. The normalized spacial score (nSPS) is 15.4. The van der Waals surface area contributed by atoms with Crippen LogP contribution in [0.1, 0.15) is 68.2 Å². The highest BCUT2D eigenvalue weighted by atomic mass is 15.1. The molecule has 1 fully saturated rings. The topological polar surface area (TPSA) is 3.24 Å². The number of para-hydroxylation sites is 1. The minimum Gasteiger partial charge on any atom is -0.310 e. The monoisotopic (exact) mass is 769 g/mol. The highest BCUT2D eigenvalue weighted by Crippen LogP contribution is 2.57. The van der Waals surface area contributed by atoms with Crippen LogP contribution in [0.3, 0.4) is 0 Å². The van der Waals surface area contributed by atoms with E-state index in [4.69, 9.17) is 0 Å². The van der Waals surface area contributed by atoms with Crippen molar-refractivity contribution in [2.24, 2.45) is 0 Å². The molecule has 1 nitrogen and oxygen atoms in total. The third-order valence-electron chi connectivity index (χ3n) is 14.4. The Morgan fingerprint density at radius 3 is 1.82 bits per heavy atom. The molecule has 9 aromatic rings. The second-order valence-corrected chi connectivity index (χ2v) is 17.9. The smallest absolute Gasteiger partial charge is 0.0540 e. The van der Waals surface area contributed by atoms with E-state index in [9.17, 15) is 0 Å². The summed E-state index contributed by atoms with van der Waals surface area (Å²) in [5, 5.41) is 5.11. The zero-order valence-electron chi connectivity index (χ0n) is 34.4. The van der Waals surface area contributed by atoms with Gasteiger partial charge in [-0.3, -0.25) is 0 Å². The summed E-state index contributed by atoms with van der Waals surface area (Å²) in [5.41, 5.74) is 19.9. The van der Waals surface area contributed by atoms with E-state index >= 15 is 0 Å². The molecule has 0 heterocycles. The van der Waals surface area contributed by atoms with Crippen molar-refractivity contribution in [1.29, 1.82) is 0 Å². The van der Waals surface area contributed by atoms with Crippen LogP contribution in [0.2, 0.25) is 0 Å². The van der Waals surface area contributed by atoms with E-state index in [-0.39, 0.29) is 10.8 Å². The van der Waals surface area contributed by atoms with Crippen molar-refractivity contribution in [1.82, 2.24) is 0 Å². The fourth-order valence-electron chi connectivity index (χ4n) is 11.7. The van der Waals surface area contributed by atoms with E-state index in [2.05, 4.69) is 207 Å². The molecule has 12 rings (SSSR count). The molecule has 1 saturated carbocycles. The summed E-state index contributed by atoms with van der Waals surface area (Å²) in [7, 11) is 0. The van der Waals surface area contributed by atoms with E-state index in [0.717, 1.165) is 5.69 Å². The number of hydrogen-bond acceptors (Lipinski definition) is 1. The van der Waals surface area contributed by atoms with Gasteiger partial charge in [-0.15, -0.1) is 0 Å². The van der Waals surface area contributed by atoms with Gasteiger partial charge in [0.1, 0.15) is 0 Å². The zero-order chi connectivity index (χ0) is 40.0. The van der Waals surface area contributed by atoms with Crippen LogP contribution in [0.25, 0.3) is 66.1 Å². The lowest BCUT2D eigenvalue weighted by Gasteiger charge is -2.37. The molecule has 3 aliphatic rings. The maximum absolute atomic E-state index is 2.56. The molecule has 9 aromatic carbocycles. The molecular formula is C59H47N.